The minimum atomic E-state index is -0.992. The summed E-state index contributed by atoms with van der Waals surface area (Å²) in [4.78, 5) is 10.8. The quantitative estimate of drug-likeness (QED) is 0.659. The van der Waals surface area contributed by atoms with Gasteiger partial charge in [0.05, 0.1) is 5.56 Å². The average molecular weight is 210 g/mol. The molecule has 0 amide bonds. The van der Waals surface area contributed by atoms with Crippen LogP contribution in [-0.4, -0.2) is 34.5 Å². The van der Waals surface area contributed by atoms with E-state index < -0.39 is 5.97 Å². The Bertz CT molecular complexity index is 322. The molecular weight excluding hydrogens is 196 g/mol. The lowest BCUT2D eigenvalue weighted by atomic mass is 10.0. The summed E-state index contributed by atoms with van der Waals surface area (Å²) in [6.07, 6.45) is 0.860. The molecule has 0 aliphatic carbocycles. The Kier molecular flexibility index (Phi) is 4.27. The van der Waals surface area contributed by atoms with E-state index in [1.54, 1.807) is 18.2 Å². The van der Waals surface area contributed by atoms with Crippen LogP contribution < -0.4 is 0 Å². The van der Waals surface area contributed by atoms with Crippen molar-refractivity contribution in [3.05, 3.63) is 34.9 Å². The van der Waals surface area contributed by atoms with Gasteiger partial charge in [-0.05, 0) is 36.1 Å². The van der Waals surface area contributed by atoms with Crippen LogP contribution in [0.25, 0.3) is 0 Å². The number of aliphatic hydroxyl groups excluding tert-OH is 2. The van der Waals surface area contributed by atoms with Crippen molar-refractivity contribution < 1.29 is 20.1 Å². The SMILES string of the molecule is O=C(O)c1cc(CCO)cc(CCO)c1. The van der Waals surface area contributed by atoms with Crippen LogP contribution in [0.4, 0.5) is 0 Å². The Morgan fingerprint density at radius 2 is 1.47 bits per heavy atom. The molecule has 0 saturated carbocycles. The van der Waals surface area contributed by atoms with Crippen LogP contribution in [0.5, 0.6) is 0 Å². The second-order valence-electron chi connectivity index (χ2n) is 3.29. The molecule has 82 valence electrons. The van der Waals surface area contributed by atoms with Gasteiger partial charge in [0.15, 0.2) is 0 Å². The van der Waals surface area contributed by atoms with E-state index in [-0.39, 0.29) is 18.8 Å². The zero-order chi connectivity index (χ0) is 11.3. The Balaban J connectivity index is 3.02. The van der Waals surface area contributed by atoms with Crippen LogP contribution in [0.15, 0.2) is 18.2 Å². The van der Waals surface area contributed by atoms with Gasteiger partial charge in [-0.2, -0.15) is 0 Å². The Morgan fingerprint density at radius 1 is 1.00 bits per heavy atom. The van der Waals surface area contributed by atoms with Gasteiger partial charge in [-0.25, -0.2) is 4.79 Å². The number of carbonyl (C=O) groups is 1. The average Bonchev–Trinajstić information content (AvgIpc) is 2.18. The van der Waals surface area contributed by atoms with Crippen LogP contribution in [0.3, 0.4) is 0 Å². The Labute approximate surface area is 87.8 Å². The van der Waals surface area contributed by atoms with Crippen molar-refractivity contribution in [2.24, 2.45) is 0 Å². The van der Waals surface area contributed by atoms with Gasteiger partial charge in [0.1, 0.15) is 0 Å². The lowest BCUT2D eigenvalue weighted by molar-refractivity contribution is 0.0696. The van der Waals surface area contributed by atoms with Gasteiger partial charge < -0.3 is 15.3 Å². The van der Waals surface area contributed by atoms with E-state index in [0.29, 0.717) is 12.8 Å². The molecule has 4 nitrogen and oxygen atoms in total. The number of rotatable bonds is 5. The topological polar surface area (TPSA) is 77.8 Å². The second kappa shape index (κ2) is 5.48. The molecule has 0 fully saturated rings. The molecule has 0 radical (unpaired) electrons. The third kappa shape index (κ3) is 3.34. The first-order valence-corrected chi connectivity index (χ1v) is 4.75. The maximum Gasteiger partial charge on any atom is 0.335 e. The standard InChI is InChI=1S/C11H14O4/c12-3-1-8-5-9(2-4-13)7-10(6-8)11(14)15/h5-7,12-13H,1-4H2,(H,14,15). The predicted molar refractivity (Wildman–Crippen MR) is 55.0 cm³/mol. The highest BCUT2D eigenvalue weighted by Gasteiger charge is 2.06. The molecule has 4 heteroatoms. The van der Waals surface area contributed by atoms with Crippen LogP contribution in [0.1, 0.15) is 21.5 Å². The summed E-state index contributed by atoms with van der Waals surface area (Å²) >= 11 is 0. The van der Waals surface area contributed by atoms with Gasteiger partial charge in [0.25, 0.3) is 0 Å². The number of hydrogen-bond donors (Lipinski definition) is 3. The molecule has 0 bridgehead atoms. The van der Waals surface area contributed by atoms with Gasteiger partial charge >= 0.3 is 5.97 Å². The van der Waals surface area contributed by atoms with E-state index >= 15 is 0 Å². The fourth-order valence-electron chi connectivity index (χ4n) is 1.43. The first-order valence-electron chi connectivity index (χ1n) is 4.75. The minimum Gasteiger partial charge on any atom is -0.478 e. The Morgan fingerprint density at radius 3 is 1.80 bits per heavy atom. The van der Waals surface area contributed by atoms with Crippen molar-refractivity contribution >= 4 is 5.97 Å². The van der Waals surface area contributed by atoms with Gasteiger partial charge in [-0.1, -0.05) is 6.07 Å². The zero-order valence-electron chi connectivity index (χ0n) is 8.31. The molecule has 0 saturated heterocycles. The summed E-state index contributed by atoms with van der Waals surface area (Å²) in [6, 6.07) is 4.89. The summed E-state index contributed by atoms with van der Waals surface area (Å²) in [6.45, 7) is -0.0245. The second-order valence-corrected chi connectivity index (χ2v) is 3.29. The minimum absolute atomic E-state index is 0.0123. The van der Waals surface area contributed by atoms with Crippen molar-refractivity contribution in [3.8, 4) is 0 Å². The molecular formula is C11H14O4. The number of aromatic carboxylic acids is 1. The number of aliphatic hydroxyl groups is 2. The molecule has 0 aromatic heterocycles. The summed E-state index contributed by atoms with van der Waals surface area (Å²) in [7, 11) is 0. The van der Waals surface area contributed by atoms with Crippen molar-refractivity contribution in [2.75, 3.05) is 13.2 Å². The first kappa shape index (κ1) is 11.7. The maximum atomic E-state index is 10.8. The molecule has 3 N–H and O–H groups in total. The maximum absolute atomic E-state index is 10.8. The zero-order valence-corrected chi connectivity index (χ0v) is 8.31. The molecule has 1 aromatic rings. The number of benzene rings is 1. The highest BCUT2D eigenvalue weighted by atomic mass is 16.4. The van der Waals surface area contributed by atoms with Crippen molar-refractivity contribution in [2.45, 2.75) is 12.8 Å². The first-order chi connectivity index (χ1) is 7.17. The third-order valence-corrected chi connectivity index (χ3v) is 2.10. The number of carboxylic acids is 1. The fraction of sp³-hybridized carbons (Fsp3) is 0.364. The van der Waals surface area contributed by atoms with E-state index in [9.17, 15) is 4.79 Å². The van der Waals surface area contributed by atoms with Gasteiger partial charge in [0.2, 0.25) is 0 Å². The van der Waals surface area contributed by atoms with Gasteiger partial charge in [0, 0.05) is 13.2 Å². The van der Waals surface area contributed by atoms with E-state index in [4.69, 9.17) is 15.3 Å². The number of carboxylic acid groups (broad SMARTS) is 1. The molecule has 1 rings (SSSR count). The lowest BCUT2D eigenvalue weighted by Crippen LogP contribution is -2.02. The van der Waals surface area contributed by atoms with E-state index in [0.717, 1.165) is 11.1 Å². The summed E-state index contributed by atoms with van der Waals surface area (Å²) in [5, 5.41) is 26.4. The molecule has 0 unspecified atom stereocenters. The van der Waals surface area contributed by atoms with Crippen LogP contribution >= 0.6 is 0 Å². The third-order valence-electron chi connectivity index (χ3n) is 2.10. The van der Waals surface area contributed by atoms with Crippen molar-refractivity contribution in [1.82, 2.24) is 0 Å². The van der Waals surface area contributed by atoms with Crippen LogP contribution in [-0.2, 0) is 12.8 Å². The largest absolute Gasteiger partial charge is 0.478 e. The molecule has 0 heterocycles. The van der Waals surface area contributed by atoms with Crippen LogP contribution in [0, 0.1) is 0 Å². The number of hydrogen-bond acceptors (Lipinski definition) is 3. The fourth-order valence-corrected chi connectivity index (χ4v) is 1.43. The molecule has 0 aliphatic heterocycles. The molecule has 0 spiro atoms. The summed E-state index contributed by atoms with van der Waals surface area (Å²) in [5.41, 5.74) is 1.76. The summed E-state index contributed by atoms with van der Waals surface area (Å²) < 4.78 is 0. The van der Waals surface area contributed by atoms with E-state index in [1.807, 2.05) is 0 Å². The van der Waals surface area contributed by atoms with E-state index in [2.05, 4.69) is 0 Å². The highest BCUT2D eigenvalue weighted by Crippen LogP contribution is 2.12. The highest BCUT2D eigenvalue weighted by molar-refractivity contribution is 5.88. The predicted octanol–water partition coefficient (Wildman–Crippen LogP) is 0.454. The summed E-state index contributed by atoms with van der Waals surface area (Å²) in [5.74, 6) is -0.992. The Hall–Kier alpha value is -1.39. The lowest BCUT2D eigenvalue weighted by Gasteiger charge is -2.05. The van der Waals surface area contributed by atoms with Crippen molar-refractivity contribution in [3.63, 3.8) is 0 Å². The smallest absolute Gasteiger partial charge is 0.335 e. The van der Waals surface area contributed by atoms with Crippen molar-refractivity contribution in [1.29, 1.82) is 0 Å². The van der Waals surface area contributed by atoms with Gasteiger partial charge in [-0.3, -0.25) is 0 Å². The van der Waals surface area contributed by atoms with Crippen LogP contribution in [0.2, 0.25) is 0 Å². The molecule has 1 aromatic carbocycles. The molecule has 15 heavy (non-hydrogen) atoms. The van der Waals surface area contributed by atoms with Gasteiger partial charge in [-0.15, -0.1) is 0 Å². The van der Waals surface area contributed by atoms with E-state index in [1.165, 1.54) is 0 Å². The molecule has 0 aliphatic rings. The monoisotopic (exact) mass is 210 g/mol. The normalized spacial score (nSPS) is 10.3. The molecule has 0 atom stereocenters.